The minimum Gasteiger partial charge on any atom is -0.494 e. The highest BCUT2D eigenvalue weighted by Gasteiger charge is 2.48. The number of rotatable bonds is 7. The Morgan fingerprint density at radius 2 is 1.85 bits per heavy atom. The maximum Gasteiger partial charge on any atom is 0.262 e. The number of hydrogen-bond acceptors (Lipinski definition) is 5. The van der Waals surface area contributed by atoms with Crippen LogP contribution in [0.2, 0.25) is 0 Å². The molecule has 1 saturated carbocycles. The van der Waals surface area contributed by atoms with Crippen LogP contribution >= 0.6 is 24.2 Å². The van der Waals surface area contributed by atoms with Crippen LogP contribution in [0.1, 0.15) is 44.1 Å². The second-order valence-corrected chi connectivity index (χ2v) is 9.98. The number of carbonyl (C=O) groups is 1. The van der Waals surface area contributed by atoms with Crippen molar-refractivity contribution < 1.29 is 9.53 Å². The predicted octanol–water partition coefficient (Wildman–Crippen LogP) is 5.63. The molecule has 1 heterocycles. The van der Waals surface area contributed by atoms with Gasteiger partial charge < -0.3 is 14.5 Å². The molecule has 0 saturated heterocycles. The third kappa shape index (κ3) is 5.32. The van der Waals surface area contributed by atoms with Gasteiger partial charge in [0, 0.05) is 24.5 Å². The average Bonchev–Trinajstić information content (AvgIpc) is 2.85. The van der Waals surface area contributed by atoms with Crippen molar-refractivity contribution in [3.8, 4) is 11.8 Å². The Morgan fingerprint density at radius 3 is 2.55 bits per heavy atom. The molecular weight excluding hydrogens is 454 g/mol. The second kappa shape index (κ2) is 11.3. The van der Waals surface area contributed by atoms with Gasteiger partial charge in [0.05, 0.1) is 18.4 Å². The molecule has 0 radical (unpaired) electrons. The SMILES string of the molecule is CN1C(=O)C(C#N)(c2ccc(OCCCN(C)C3CCCCC3)cc2)Sc2ccccc21.Cl. The number of nitriles is 1. The lowest BCUT2D eigenvalue weighted by Crippen LogP contribution is -2.45. The molecule has 1 aliphatic carbocycles. The summed E-state index contributed by atoms with van der Waals surface area (Å²) in [7, 11) is 3.95. The van der Waals surface area contributed by atoms with Crippen LogP contribution < -0.4 is 9.64 Å². The molecule has 4 rings (SSSR count). The number of ether oxygens (including phenoxy) is 1. The first kappa shape index (κ1) is 25.4. The summed E-state index contributed by atoms with van der Waals surface area (Å²) in [5.41, 5.74) is 1.52. The summed E-state index contributed by atoms with van der Waals surface area (Å²) in [5.74, 6) is 0.548. The highest BCUT2D eigenvalue weighted by Crippen LogP contribution is 2.50. The second-order valence-electron chi connectivity index (χ2n) is 8.73. The molecule has 0 spiro atoms. The summed E-state index contributed by atoms with van der Waals surface area (Å²) in [6.45, 7) is 1.70. The maximum absolute atomic E-state index is 13.2. The van der Waals surface area contributed by atoms with E-state index in [2.05, 4.69) is 18.0 Å². The zero-order chi connectivity index (χ0) is 22.6. The molecule has 1 amide bonds. The first-order chi connectivity index (χ1) is 15.5. The van der Waals surface area contributed by atoms with Gasteiger partial charge in [-0.25, -0.2) is 0 Å². The molecule has 2 aromatic carbocycles. The third-order valence-corrected chi connectivity index (χ3v) is 8.01. The van der Waals surface area contributed by atoms with E-state index in [-0.39, 0.29) is 18.3 Å². The van der Waals surface area contributed by atoms with E-state index in [1.807, 2.05) is 48.5 Å². The van der Waals surface area contributed by atoms with Crippen molar-refractivity contribution in [2.75, 3.05) is 32.1 Å². The minimum absolute atomic E-state index is 0. The molecule has 2 aliphatic rings. The smallest absolute Gasteiger partial charge is 0.262 e. The van der Waals surface area contributed by atoms with E-state index < -0.39 is 4.75 Å². The maximum atomic E-state index is 13.2. The quantitative estimate of drug-likeness (QED) is 0.476. The summed E-state index contributed by atoms with van der Waals surface area (Å²) in [5, 5.41) is 10.1. The van der Waals surface area contributed by atoms with E-state index in [0.717, 1.165) is 35.3 Å². The van der Waals surface area contributed by atoms with Crippen LogP contribution in [0, 0.1) is 11.3 Å². The van der Waals surface area contributed by atoms with E-state index in [1.54, 1.807) is 11.9 Å². The number of amides is 1. The molecule has 1 unspecified atom stereocenters. The van der Waals surface area contributed by atoms with E-state index >= 15 is 0 Å². The molecule has 2 aromatic rings. The van der Waals surface area contributed by atoms with Crippen molar-refractivity contribution in [1.82, 2.24) is 4.90 Å². The summed E-state index contributed by atoms with van der Waals surface area (Å²) >= 11 is 1.31. The molecule has 1 atom stereocenters. The van der Waals surface area contributed by atoms with Gasteiger partial charge in [0.2, 0.25) is 4.75 Å². The number of hydrogen-bond donors (Lipinski definition) is 0. The van der Waals surface area contributed by atoms with Crippen LogP contribution in [0.15, 0.2) is 53.4 Å². The fraction of sp³-hybridized carbons (Fsp3) is 0.462. The van der Waals surface area contributed by atoms with Crippen LogP contribution in [-0.2, 0) is 9.54 Å². The summed E-state index contributed by atoms with van der Waals surface area (Å²) in [6.07, 6.45) is 7.69. The van der Waals surface area contributed by atoms with E-state index in [0.29, 0.717) is 12.2 Å². The molecule has 1 aliphatic heterocycles. The molecule has 7 heteroatoms. The Hall–Kier alpha value is -2.20. The van der Waals surface area contributed by atoms with Gasteiger partial charge in [-0.05, 0) is 56.1 Å². The Bertz CT molecular complexity index is 988. The van der Waals surface area contributed by atoms with Crippen LogP contribution in [0.4, 0.5) is 5.69 Å². The van der Waals surface area contributed by atoms with Crippen molar-refractivity contribution >= 4 is 35.8 Å². The van der Waals surface area contributed by atoms with Gasteiger partial charge in [-0.1, -0.05) is 55.3 Å². The number of fused-ring (bicyclic) bond motifs is 1. The minimum atomic E-state index is -1.29. The number of likely N-dealkylation sites (N-methyl/N-ethyl adjacent to an activating group) is 1. The summed E-state index contributed by atoms with van der Waals surface area (Å²) in [6, 6.07) is 18.1. The Kier molecular flexibility index (Phi) is 8.69. The van der Waals surface area contributed by atoms with Crippen molar-refractivity contribution in [1.29, 1.82) is 5.26 Å². The molecule has 1 fully saturated rings. The number of thioether (sulfide) groups is 1. The van der Waals surface area contributed by atoms with E-state index in [9.17, 15) is 10.1 Å². The van der Waals surface area contributed by atoms with Gasteiger partial charge in [-0.2, -0.15) is 5.26 Å². The largest absolute Gasteiger partial charge is 0.494 e. The lowest BCUT2D eigenvalue weighted by atomic mass is 9.94. The van der Waals surface area contributed by atoms with Crippen molar-refractivity contribution in [3.63, 3.8) is 0 Å². The molecule has 0 bridgehead atoms. The van der Waals surface area contributed by atoms with Crippen molar-refractivity contribution in [3.05, 3.63) is 54.1 Å². The van der Waals surface area contributed by atoms with Crippen molar-refractivity contribution in [2.45, 2.75) is 54.2 Å². The number of benzene rings is 2. The number of anilines is 1. The Morgan fingerprint density at radius 1 is 1.15 bits per heavy atom. The fourth-order valence-electron chi connectivity index (χ4n) is 4.69. The Balaban J connectivity index is 0.00000306. The normalized spacial score (nSPS) is 20.7. The van der Waals surface area contributed by atoms with Crippen LogP contribution in [0.25, 0.3) is 0 Å². The molecule has 5 nitrogen and oxygen atoms in total. The van der Waals surface area contributed by atoms with Crippen LogP contribution in [0.5, 0.6) is 5.75 Å². The molecule has 33 heavy (non-hydrogen) atoms. The molecule has 0 N–H and O–H groups in total. The zero-order valence-corrected chi connectivity index (χ0v) is 21.0. The topological polar surface area (TPSA) is 56.6 Å². The van der Waals surface area contributed by atoms with E-state index in [4.69, 9.17) is 4.74 Å². The first-order valence-electron chi connectivity index (χ1n) is 11.5. The first-order valence-corrected chi connectivity index (χ1v) is 12.3. The highest BCUT2D eigenvalue weighted by atomic mass is 35.5. The predicted molar refractivity (Wildman–Crippen MR) is 136 cm³/mol. The lowest BCUT2D eigenvalue weighted by Gasteiger charge is -2.36. The van der Waals surface area contributed by atoms with Gasteiger partial charge in [-0.3, -0.25) is 4.79 Å². The van der Waals surface area contributed by atoms with E-state index in [1.165, 1.54) is 43.9 Å². The summed E-state index contributed by atoms with van der Waals surface area (Å²) in [4.78, 5) is 18.2. The fourth-order valence-corrected chi connectivity index (χ4v) is 6.00. The number of halogens is 1. The van der Waals surface area contributed by atoms with Gasteiger partial charge in [0.1, 0.15) is 5.75 Å². The molecule has 176 valence electrons. The monoisotopic (exact) mass is 485 g/mol. The number of para-hydroxylation sites is 1. The zero-order valence-electron chi connectivity index (χ0n) is 19.3. The van der Waals surface area contributed by atoms with Gasteiger partial charge in [0.25, 0.3) is 5.91 Å². The van der Waals surface area contributed by atoms with Gasteiger partial charge in [0.15, 0.2) is 0 Å². The summed E-state index contributed by atoms with van der Waals surface area (Å²) < 4.78 is 4.66. The molecular formula is C26H32ClN3O2S. The van der Waals surface area contributed by atoms with Gasteiger partial charge in [-0.15, -0.1) is 12.4 Å². The number of nitrogens with zero attached hydrogens (tertiary/aromatic N) is 3. The molecule has 0 aromatic heterocycles. The van der Waals surface area contributed by atoms with Crippen LogP contribution in [0.3, 0.4) is 0 Å². The Labute approximate surface area is 207 Å². The standard InChI is InChI=1S/C26H31N3O2S.ClH/c1-28(21-9-4-3-5-10-21)17-8-18-31-22-15-13-20(14-16-22)26(19-27)25(30)29(2)23-11-6-7-12-24(23)32-26;/h6-7,11-16,21H,3-5,8-10,17-18H2,1-2H3;1H. The van der Waals surface area contributed by atoms with Crippen molar-refractivity contribution in [2.24, 2.45) is 0 Å². The lowest BCUT2D eigenvalue weighted by molar-refractivity contribution is -0.119. The average molecular weight is 486 g/mol. The van der Waals surface area contributed by atoms with Crippen LogP contribution in [-0.4, -0.2) is 44.1 Å². The van der Waals surface area contributed by atoms with Gasteiger partial charge >= 0.3 is 0 Å². The highest BCUT2D eigenvalue weighted by molar-refractivity contribution is 8.01. The third-order valence-electron chi connectivity index (χ3n) is 6.64. The number of carbonyl (C=O) groups excluding carboxylic acids is 1.